The van der Waals surface area contributed by atoms with Gasteiger partial charge in [0.2, 0.25) is 0 Å². The van der Waals surface area contributed by atoms with Gasteiger partial charge in [-0.15, -0.1) is 0 Å². The van der Waals surface area contributed by atoms with Gasteiger partial charge in [-0.25, -0.2) is 0 Å². The molecule has 4 nitrogen and oxygen atoms in total. The molecule has 50 heavy (non-hydrogen) atoms. The number of halogens is 6. The maximum absolute atomic E-state index is 13.9. The van der Waals surface area contributed by atoms with Crippen LogP contribution in [0.4, 0.5) is 26.3 Å². The smallest absolute Gasteiger partial charge is 0.308 e. The number of nitriles is 2. The molecular weight excluding hydrogens is 650 g/mol. The van der Waals surface area contributed by atoms with Crippen LogP contribution < -0.4 is 0 Å². The van der Waals surface area contributed by atoms with Gasteiger partial charge in [-0.1, -0.05) is 60.7 Å². The van der Waals surface area contributed by atoms with Crippen molar-refractivity contribution in [3.63, 3.8) is 0 Å². The molecule has 10 heteroatoms. The van der Waals surface area contributed by atoms with Crippen LogP contribution in [0, 0.1) is 22.7 Å². The molecule has 0 N–H and O–H groups in total. The second kappa shape index (κ2) is 11.0. The molecule has 0 atom stereocenters. The molecule has 2 aromatic heterocycles. The standard InChI is InChI=1S/C40H20F6N4/c41-39(42,43)27-13-15-31-29-5-1-3-7-33(29)49(37(31)19-27)35-17-23(9-11-25(35)21-47)24-10-12-26(22-48)36(18-24)50-34-8-4-2-6-30(34)32-16-14-28(20-38(32)50)40(44,45)46/h1-20H. The Balaban J connectivity index is 1.39. The third-order valence-electron chi connectivity index (χ3n) is 9.05. The summed E-state index contributed by atoms with van der Waals surface area (Å²) in [6, 6.07) is 35.6. The molecule has 0 saturated heterocycles. The fourth-order valence-corrected chi connectivity index (χ4v) is 6.79. The number of aromatic nitrogens is 2. The summed E-state index contributed by atoms with van der Waals surface area (Å²) in [7, 11) is 0. The highest BCUT2D eigenvalue weighted by atomic mass is 19.4. The van der Waals surface area contributed by atoms with Gasteiger partial charge in [0.25, 0.3) is 0 Å². The Bertz CT molecular complexity index is 2580. The van der Waals surface area contributed by atoms with E-state index in [0.29, 0.717) is 55.1 Å². The largest absolute Gasteiger partial charge is 0.416 e. The van der Waals surface area contributed by atoms with Crippen molar-refractivity contribution in [3.05, 3.63) is 144 Å². The van der Waals surface area contributed by atoms with Gasteiger partial charge in [0.1, 0.15) is 12.1 Å². The quantitative estimate of drug-likeness (QED) is 0.176. The minimum Gasteiger partial charge on any atom is -0.308 e. The topological polar surface area (TPSA) is 57.4 Å². The SMILES string of the molecule is N#Cc1ccc(-c2ccc(C#N)c(-n3c4ccccc4c4ccc(C(F)(F)F)cc43)c2)cc1-n1c2ccccc2c2ccc(C(F)(F)F)cc21. The molecule has 6 aromatic carbocycles. The third kappa shape index (κ3) is 4.76. The Kier molecular flexibility index (Phi) is 6.78. The normalized spacial score (nSPS) is 12.2. The summed E-state index contributed by atoms with van der Waals surface area (Å²) < 4.78 is 86.6. The van der Waals surface area contributed by atoms with E-state index in [1.54, 1.807) is 94.1 Å². The third-order valence-corrected chi connectivity index (χ3v) is 9.05. The predicted molar refractivity (Wildman–Crippen MR) is 180 cm³/mol. The van der Waals surface area contributed by atoms with Crippen molar-refractivity contribution in [2.75, 3.05) is 0 Å². The van der Waals surface area contributed by atoms with Crippen molar-refractivity contribution in [3.8, 4) is 34.6 Å². The first-order chi connectivity index (χ1) is 24.0. The Morgan fingerprint density at radius 2 is 0.800 bits per heavy atom. The van der Waals surface area contributed by atoms with Gasteiger partial charge in [-0.3, -0.25) is 0 Å². The summed E-state index contributed by atoms with van der Waals surface area (Å²) >= 11 is 0. The average Bonchev–Trinajstić information content (AvgIpc) is 3.62. The number of fused-ring (bicyclic) bond motifs is 6. The first-order valence-electron chi connectivity index (χ1n) is 15.3. The van der Waals surface area contributed by atoms with Crippen molar-refractivity contribution >= 4 is 43.6 Å². The molecule has 0 aliphatic rings. The number of para-hydroxylation sites is 2. The van der Waals surface area contributed by atoms with Crippen LogP contribution in [0.25, 0.3) is 66.1 Å². The lowest BCUT2D eigenvalue weighted by atomic mass is 9.99. The molecule has 0 saturated carbocycles. The lowest BCUT2D eigenvalue weighted by Crippen LogP contribution is -2.05. The van der Waals surface area contributed by atoms with Crippen molar-refractivity contribution < 1.29 is 26.3 Å². The predicted octanol–water partition coefficient (Wildman–Crippen LogP) is 11.3. The molecular formula is C40H20F6N4. The van der Waals surface area contributed by atoms with E-state index in [1.165, 1.54) is 12.1 Å². The minimum atomic E-state index is -4.60. The van der Waals surface area contributed by atoms with E-state index in [1.807, 2.05) is 0 Å². The lowest BCUT2D eigenvalue weighted by Gasteiger charge is -2.15. The maximum Gasteiger partial charge on any atom is 0.416 e. The van der Waals surface area contributed by atoms with Gasteiger partial charge < -0.3 is 9.13 Å². The van der Waals surface area contributed by atoms with Crippen LogP contribution in [-0.4, -0.2) is 9.13 Å². The molecule has 0 unspecified atom stereocenters. The van der Waals surface area contributed by atoms with Gasteiger partial charge in [0, 0.05) is 21.5 Å². The molecule has 8 rings (SSSR count). The van der Waals surface area contributed by atoms with Gasteiger partial charge in [0.15, 0.2) is 0 Å². The number of rotatable bonds is 3. The van der Waals surface area contributed by atoms with E-state index in [0.717, 1.165) is 24.3 Å². The van der Waals surface area contributed by atoms with E-state index < -0.39 is 23.5 Å². The van der Waals surface area contributed by atoms with E-state index in [-0.39, 0.29) is 22.2 Å². The number of nitrogens with zero attached hydrogens (tertiary/aromatic N) is 4. The first-order valence-corrected chi connectivity index (χ1v) is 15.3. The van der Waals surface area contributed by atoms with Crippen LogP contribution in [0.1, 0.15) is 22.3 Å². The van der Waals surface area contributed by atoms with Crippen molar-refractivity contribution in [1.29, 1.82) is 10.5 Å². The Morgan fingerprint density at radius 1 is 0.420 bits per heavy atom. The van der Waals surface area contributed by atoms with Crippen LogP contribution in [-0.2, 0) is 12.4 Å². The number of benzene rings is 6. The number of hydrogen-bond acceptors (Lipinski definition) is 2. The minimum absolute atomic E-state index is 0.213. The summed E-state index contributed by atoms with van der Waals surface area (Å²) in [5.74, 6) is 0. The highest BCUT2D eigenvalue weighted by Gasteiger charge is 2.32. The van der Waals surface area contributed by atoms with Crippen molar-refractivity contribution in [1.82, 2.24) is 9.13 Å². The van der Waals surface area contributed by atoms with E-state index >= 15 is 0 Å². The maximum atomic E-state index is 13.9. The van der Waals surface area contributed by atoms with Gasteiger partial charge in [0.05, 0.1) is 55.7 Å². The fraction of sp³-hybridized carbons (Fsp3) is 0.0500. The van der Waals surface area contributed by atoms with Crippen LogP contribution in [0.15, 0.2) is 121 Å². The van der Waals surface area contributed by atoms with Gasteiger partial charge in [-0.2, -0.15) is 36.9 Å². The van der Waals surface area contributed by atoms with Crippen molar-refractivity contribution in [2.45, 2.75) is 12.4 Å². The van der Waals surface area contributed by atoms with Gasteiger partial charge in [-0.05, 0) is 71.8 Å². The van der Waals surface area contributed by atoms with E-state index in [4.69, 9.17) is 0 Å². The monoisotopic (exact) mass is 670 g/mol. The average molecular weight is 671 g/mol. The van der Waals surface area contributed by atoms with Gasteiger partial charge >= 0.3 is 12.4 Å². The molecule has 0 bridgehead atoms. The highest BCUT2D eigenvalue weighted by molar-refractivity contribution is 6.10. The molecule has 8 aromatic rings. The molecule has 0 radical (unpaired) electrons. The van der Waals surface area contributed by atoms with Crippen molar-refractivity contribution in [2.24, 2.45) is 0 Å². The summed E-state index contributed by atoms with van der Waals surface area (Å²) in [4.78, 5) is 0. The molecule has 0 fully saturated rings. The molecule has 242 valence electrons. The highest BCUT2D eigenvalue weighted by Crippen LogP contribution is 2.41. The Morgan fingerprint density at radius 3 is 1.18 bits per heavy atom. The summed E-state index contributed by atoms with van der Waals surface area (Å²) in [5.41, 5.74) is 2.31. The lowest BCUT2D eigenvalue weighted by molar-refractivity contribution is -0.138. The zero-order valence-corrected chi connectivity index (χ0v) is 25.6. The molecule has 0 spiro atoms. The summed E-state index contributed by atoms with van der Waals surface area (Å²) in [5, 5.41) is 22.9. The fourth-order valence-electron chi connectivity index (χ4n) is 6.79. The first kappa shape index (κ1) is 30.8. The van der Waals surface area contributed by atoms with E-state index in [2.05, 4.69) is 12.1 Å². The van der Waals surface area contributed by atoms with Crippen LogP contribution in [0.5, 0.6) is 0 Å². The zero-order chi connectivity index (χ0) is 34.9. The summed E-state index contributed by atoms with van der Waals surface area (Å²) in [6.07, 6.45) is -9.19. The molecule has 2 heterocycles. The Hall–Kier alpha value is -6.52. The molecule has 0 amide bonds. The second-order valence-corrected chi connectivity index (χ2v) is 11.9. The summed E-state index contributed by atoms with van der Waals surface area (Å²) in [6.45, 7) is 0. The number of alkyl halides is 6. The van der Waals surface area contributed by atoms with E-state index in [9.17, 15) is 36.9 Å². The van der Waals surface area contributed by atoms with Crippen LogP contribution >= 0.6 is 0 Å². The Labute approximate surface area is 279 Å². The number of hydrogen-bond donors (Lipinski definition) is 0. The molecule has 0 aliphatic carbocycles. The van der Waals surface area contributed by atoms with Crippen LogP contribution in [0.3, 0.4) is 0 Å². The van der Waals surface area contributed by atoms with Crippen LogP contribution in [0.2, 0.25) is 0 Å². The molecule has 0 aliphatic heterocycles. The zero-order valence-electron chi connectivity index (χ0n) is 25.6. The second-order valence-electron chi connectivity index (χ2n) is 11.9.